The summed E-state index contributed by atoms with van der Waals surface area (Å²) >= 11 is 0. The molecule has 1 aromatic carbocycles. The largest absolute Gasteiger partial charge is 0.512 e. The molecule has 0 atom stereocenters. The number of fused-ring (bicyclic) bond motifs is 3. The number of carbonyl (C=O) groups is 1. The van der Waals surface area contributed by atoms with Crippen LogP contribution in [0.3, 0.4) is 0 Å². The first-order valence-corrected chi connectivity index (χ1v) is 9.04. The second-order valence-corrected chi connectivity index (χ2v) is 8.61. The topological polar surface area (TPSA) is 63.1 Å². The molecule has 0 spiro atoms. The summed E-state index contributed by atoms with van der Waals surface area (Å²) in [5.41, 5.74) is 1.19. The Balaban J connectivity index is 0.000000272. The van der Waals surface area contributed by atoms with Crippen molar-refractivity contribution in [3.8, 4) is 0 Å². The van der Waals surface area contributed by atoms with E-state index < -0.39 is 5.41 Å². The zero-order valence-electron chi connectivity index (χ0n) is 17.3. The predicted molar refractivity (Wildman–Crippen MR) is 112 cm³/mol. The molecule has 0 aliphatic rings. The number of hydrogen-bond donors (Lipinski definition) is 1. The number of rotatable bonds is 1. The molecule has 5 heteroatoms. The van der Waals surface area contributed by atoms with E-state index >= 15 is 0 Å². The van der Waals surface area contributed by atoms with E-state index in [4.69, 9.17) is 0 Å². The van der Waals surface area contributed by atoms with Crippen LogP contribution in [0.2, 0.25) is 0 Å². The summed E-state index contributed by atoms with van der Waals surface area (Å²) in [6.45, 7) is 11.1. The summed E-state index contributed by atoms with van der Waals surface area (Å²) in [6.07, 6.45) is 4.94. The molecule has 0 aliphatic carbocycles. The van der Waals surface area contributed by atoms with E-state index in [0.29, 0.717) is 0 Å². The molecule has 0 unspecified atom stereocenters. The van der Waals surface area contributed by atoms with E-state index in [0.717, 1.165) is 21.8 Å². The van der Waals surface area contributed by atoms with Crippen LogP contribution in [0.15, 0.2) is 60.6 Å². The zero-order valence-corrected chi connectivity index (χ0v) is 19.6. The van der Waals surface area contributed by atoms with Crippen LogP contribution in [0.4, 0.5) is 0 Å². The maximum Gasteiger partial charge on any atom is 0.164 e. The molecule has 0 fully saturated rings. The molecule has 0 radical (unpaired) electrons. The molecule has 3 rings (SSSR count). The van der Waals surface area contributed by atoms with Crippen LogP contribution >= 0.6 is 0 Å². The second kappa shape index (κ2) is 9.86. The van der Waals surface area contributed by atoms with Gasteiger partial charge in [-0.1, -0.05) is 65.8 Å². The molecule has 0 saturated heterocycles. The summed E-state index contributed by atoms with van der Waals surface area (Å²) in [6, 6.07) is 12.1. The van der Waals surface area contributed by atoms with Gasteiger partial charge in [-0.25, -0.2) is 0 Å². The quantitative estimate of drug-likeness (QED) is 0.247. The van der Waals surface area contributed by atoms with Crippen molar-refractivity contribution in [2.45, 2.75) is 41.5 Å². The van der Waals surface area contributed by atoms with Crippen LogP contribution in [0.1, 0.15) is 41.5 Å². The first-order chi connectivity index (χ1) is 12.5. The SMILES string of the molecule is CC(C)(C)C(=O)/C=C(\O)C(C)(C)C.[Gd].c1cnc2c(c1)ccc1cccnc12. The minimum atomic E-state index is -0.417. The van der Waals surface area contributed by atoms with E-state index in [1.165, 1.54) is 6.08 Å². The average molecular weight is 522 g/mol. The molecule has 4 nitrogen and oxygen atoms in total. The van der Waals surface area contributed by atoms with Crippen molar-refractivity contribution in [2.24, 2.45) is 10.8 Å². The molecule has 3 aromatic rings. The molecule has 0 saturated carbocycles. The van der Waals surface area contributed by atoms with Gasteiger partial charge in [0.2, 0.25) is 0 Å². The molecule has 28 heavy (non-hydrogen) atoms. The van der Waals surface area contributed by atoms with Gasteiger partial charge in [0.05, 0.1) is 11.0 Å². The number of aliphatic hydroxyl groups excluding tert-OH is 1. The van der Waals surface area contributed by atoms with Gasteiger partial charge in [0.1, 0.15) is 5.76 Å². The van der Waals surface area contributed by atoms with Crippen LogP contribution in [-0.2, 0) is 4.79 Å². The fourth-order valence-corrected chi connectivity index (χ4v) is 2.24. The number of ketones is 1. The van der Waals surface area contributed by atoms with E-state index in [2.05, 4.69) is 34.2 Å². The van der Waals surface area contributed by atoms with Crippen LogP contribution < -0.4 is 0 Å². The summed E-state index contributed by atoms with van der Waals surface area (Å²) in [5, 5.41) is 11.8. The van der Waals surface area contributed by atoms with Crippen LogP contribution in [0.25, 0.3) is 21.8 Å². The number of aromatic nitrogens is 2. The van der Waals surface area contributed by atoms with Crippen LogP contribution in [0.5, 0.6) is 0 Å². The van der Waals surface area contributed by atoms with Crippen molar-refractivity contribution >= 4 is 27.6 Å². The Morgan fingerprint density at radius 2 is 1.25 bits per heavy atom. The number of carbonyl (C=O) groups excluding carboxylic acids is 1. The van der Waals surface area contributed by atoms with Crippen molar-refractivity contribution in [3.63, 3.8) is 0 Å². The normalized spacial score (nSPS) is 12.1. The molecule has 0 bridgehead atoms. The summed E-state index contributed by atoms with van der Waals surface area (Å²) in [4.78, 5) is 20.2. The number of nitrogens with zero attached hydrogens (tertiary/aromatic N) is 2. The molecule has 150 valence electrons. The molecular weight excluding hydrogens is 494 g/mol. The molecule has 2 heterocycles. The summed E-state index contributed by atoms with van der Waals surface area (Å²) in [5.74, 6) is 0.104. The first kappa shape index (κ1) is 24.6. The molecule has 2 aromatic heterocycles. The Bertz CT molecular complexity index is 928. The Labute approximate surface area is 199 Å². The van der Waals surface area contributed by atoms with E-state index in [1.807, 2.05) is 53.7 Å². The van der Waals surface area contributed by atoms with Crippen molar-refractivity contribution in [1.82, 2.24) is 9.97 Å². The van der Waals surface area contributed by atoms with Gasteiger partial charge in [-0.05, 0) is 12.1 Å². The number of pyridine rings is 2. The van der Waals surface area contributed by atoms with Crippen LogP contribution in [-0.4, -0.2) is 20.9 Å². The van der Waals surface area contributed by atoms with Crippen molar-refractivity contribution in [2.75, 3.05) is 0 Å². The van der Waals surface area contributed by atoms with Gasteiger partial charge in [0.25, 0.3) is 0 Å². The second-order valence-electron chi connectivity index (χ2n) is 8.61. The van der Waals surface area contributed by atoms with E-state index in [-0.39, 0.29) is 56.9 Å². The van der Waals surface area contributed by atoms with Crippen molar-refractivity contribution in [3.05, 3.63) is 60.6 Å². The fraction of sp³-hybridized carbons (Fsp3) is 0.348. The molecule has 0 amide bonds. The van der Waals surface area contributed by atoms with Crippen LogP contribution in [0, 0.1) is 50.8 Å². The van der Waals surface area contributed by atoms with Gasteiger partial charge >= 0.3 is 0 Å². The predicted octanol–water partition coefficient (Wildman–Crippen LogP) is 5.87. The third-order valence-corrected chi connectivity index (χ3v) is 4.12. The standard InChI is InChI=1S/C12H8N2.C11H20O2.Gd/c1-3-9-5-6-10-4-2-8-14-12(10)11(9)13-7-1;1-10(2,3)8(12)7-9(13)11(4,5)6;/h1-8H;7,12H,1-6H3;/b;8-7-;. The first-order valence-electron chi connectivity index (χ1n) is 9.04. The Morgan fingerprint density at radius 3 is 1.61 bits per heavy atom. The number of benzene rings is 1. The average Bonchev–Trinajstić information content (AvgIpc) is 2.60. The Morgan fingerprint density at radius 1 is 0.821 bits per heavy atom. The Hall–Kier alpha value is -1.43. The third-order valence-electron chi connectivity index (χ3n) is 4.12. The Kier molecular flexibility index (Phi) is 8.67. The number of allylic oxidation sites excluding steroid dienone is 2. The van der Waals surface area contributed by atoms with Gasteiger partial charge in [-0.15, -0.1) is 0 Å². The van der Waals surface area contributed by atoms with Gasteiger partial charge in [-0.3, -0.25) is 14.8 Å². The summed E-state index contributed by atoms with van der Waals surface area (Å²) in [7, 11) is 0. The van der Waals surface area contributed by atoms with E-state index in [9.17, 15) is 9.90 Å². The maximum atomic E-state index is 11.5. The van der Waals surface area contributed by atoms with Crippen molar-refractivity contribution < 1.29 is 49.8 Å². The minimum absolute atomic E-state index is 0. The molecule has 1 N–H and O–H groups in total. The van der Waals surface area contributed by atoms with Gasteiger partial charge in [0.15, 0.2) is 5.78 Å². The third kappa shape index (κ3) is 6.58. The van der Waals surface area contributed by atoms with Gasteiger partial charge < -0.3 is 5.11 Å². The zero-order chi connectivity index (χ0) is 20.2. The molecular formula is C23H28GdN2O2. The summed E-state index contributed by atoms with van der Waals surface area (Å²) < 4.78 is 0. The number of hydrogen-bond acceptors (Lipinski definition) is 4. The minimum Gasteiger partial charge on any atom is -0.512 e. The maximum absolute atomic E-state index is 11.5. The van der Waals surface area contributed by atoms with E-state index in [1.54, 1.807) is 12.4 Å². The fourth-order valence-electron chi connectivity index (χ4n) is 2.24. The van der Waals surface area contributed by atoms with Gasteiger partial charge in [-0.2, -0.15) is 0 Å². The smallest absolute Gasteiger partial charge is 0.164 e. The van der Waals surface area contributed by atoms with Crippen molar-refractivity contribution in [1.29, 1.82) is 0 Å². The number of aliphatic hydroxyl groups is 1. The molecule has 0 aliphatic heterocycles. The van der Waals surface area contributed by atoms with Gasteiger partial charge in [0, 0.05) is 80.0 Å². The monoisotopic (exact) mass is 522 g/mol.